The van der Waals surface area contributed by atoms with Gasteiger partial charge in [0.2, 0.25) is 0 Å². The normalized spacial score (nSPS) is 12.1. The molecule has 150 valence electrons. The van der Waals surface area contributed by atoms with Crippen LogP contribution in [0.1, 0.15) is 0 Å². The van der Waals surface area contributed by atoms with Gasteiger partial charge in [-0.05, 0) is 24.3 Å². The minimum Gasteiger partial charge on any atom is -0.298 e. The summed E-state index contributed by atoms with van der Waals surface area (Å²) in [4.78, 5) is 17.1. The maximum Gasteiger partial charge on any atom is 0.406 e. The van der Waals surface area contributed by atoms with Gasteiger partial charge in [0.1, 0.15) is 6.54 Å². The van der Waals surface area contributed by atoms with E-state index in [1.165, 1.54) is 18.5 Å². The van der Waals surface area contributed by atoms with E-state index < -0.39 is 18.3 Å². The summed E-state index contributed by atoms with van der Waals surface area (Å²) in [5.41, 5.74) is 1.62. The van der Waals surface area contributed by atoms with Crippen LogP contribution in [0.5, 0.6) is 0 Å². The first kappa shape index (κ1) is 18.1. The molecule has 0 fully saturated rings. The van der Waals surface area contributed by atoms with Crippen LogP contribution < -0.4 is 5.56 Å². The summed E-state index contributed by atoms with van der Waals surface area (Å²) in [5.74, 6) is 0. The predicted octanol–water partition coefficient (Wildman–Crippen LogP) is 3.69. The van der Waals surface area contributed by atoms with E-state index in [2.05, 4.69) is 20.3 Å². The Morgan fingerprint density at radius 3 is 2.70 bits per heavy atom. The van der Waals surface area contributed by atoms with Crippen molar-refractivity contribution in [3.05, 3.63) is 71.5 Å². The summed E-state index contributed by atoms with van der Waals surface area (Å²) in [6, 6.07) is 10.5. The lowest BCUT2D eigenvalue weighted by molar-refractivity contribution is -0.140. The van der Waals surface area contributed by atoms with Crippen molar-refractivity contribution in [1.29, 1.82) is 0 Å². The Balaban J connectivity index is 1.74. The molecule has 0 aliphatic carbocycles. The highest BCUT2D eigenvalue weighted by molar-refractivity contribution is 6.03. The number of fused-ring (bicyclic) bond motifs is 3. The summed E-state index contributed by atoms with van der Waals surface area (Å²) in [5, 5.41) is 11.2. The number of benzene rings is 1. The first-order chi connectivity index (χ1) is 14.4. The molecule has 0 unspecified atom stereocenters. The number of alkyl halides is 3. The van der Waals surface area contributed by atoms with E-state index in [1.54, 1.807) is 35.3 Å². The van der Waals surface area contributed by atoms with Crippen LogP contribution in [0.3, 0.4) is 0 Å². The van der Waals surface area contributed by atoms with Gasteiger partial charge in [-0.1, -0.05) is 12.1 Å². The van der Waals surface area contributed by atoms with Gasteiger partial charge in [0, 0.05) is 29.5 Å². The van der Waals surface area contributed by atoms with Crippen LogP contribution in [-0.4, -0.2) is 35.7 Å². The largest absolute Gasteiger partial charge is 0.406 e. The van der Waals surface area contributed by atoms with E-state index in [4.69, 9.17) is 0 Å². The van der Waals surface area contributed by atoms with E-state index >= 15 is 0 Å². The highest BCUT2D eigenvalue weighted by Crippen LogP contribution is 2.28. The molecule has 0 amide bonds. The topological polar surface area (TPSA) is 81.4 Å². The summed E-state index contributed by atoms with van der Waals surface area (Å²) in [6.45, 7) is -1.40. The molecule has 0 radical (unpaired) electrons. The molecule has 0 spiro atoms. The number of rotatable bonds is 3. The molecule has 10 heteroatoms. The number of nitrogens with zero attached hydrogens (tertiary/aromatic N) is 5. The Morgan fingerprint density at radius 1 is 1.07 bits per heavy atom. The van der Waals surface area contributed by atoms with Crippen molar-refractivity contribution in [2.75, 3.05) is 0 Å². The summed E-state index contributed by atoms with van der Waals surface area (Å²) in [7, 11) is 0. The molecule has 1 aromatic carbocycles. The van der Waals surface area contributed by atoms with Crippen LogP contribution in [0.15, 0.2) is 66.0 Å². The summed E-state index contributed by atoms with van der Waals surface area (Å²) >= 11 is 0. The molecule has 0 saturated heterocycles. The number of aromatic amines is 1. The Hall–Kier alpha value is -3.95. The zero-order valence-corrected chi connectivity index (χ0v) is 15.3. The molecule has 0 bridgehead atoms. The first-order valence-corrected chi connectivity index (χ1v) is 8.93. The van der Waals surface area contributed by atoms with E-state index in [1.807, 2.05) is 12.1 Å². The molecule has 0 aliphatic heterocycles. The van der Waals surface area contributed by atoms with Gasteiger partial charge in [0.15, 0.2) is 0 Å². The first-order valence-electron chi connectivity index (χ1n) is 8.93. The SMILES string of the molecule is O=c1c2cn[nH]c2c2cnc(-c3cccc(-n4cccn4)c3)cc2n1CC(F)(F)F. The number of pyridine rings is 2. The number of H-pyrrole nitrogens is 1. The van der Waals surface area contributed by atoms with E-state index in [0.717, 1.165) is 10.3 Å². The van der Waals surface area contributed by atoms with Gasteiger partial charge in [0.05, 0.1) is 34.0 Å². The minimum absolute atomic E-state index is 0.0852. The second-order valence-corrected chi connectivity index (χ2v) is 6.75. The standard InChI is InChI=1S/C20H13F3N6O/c21-20(22,23)11-28-17-8-16(12-3-1-4-13(7-12)29-6-2-5-26-29)24-9-14(17)18-15(19(28)30)10-25-27-18/h1-10H,11H2,(H,25,27). The summed E-state index contributed by atoms with van der Waals surface area (Å²) < 4.78 is 42.0. The van der Waals surface area contributed by atoms with Crippen LogP contribution >= 0.6 is 0 Å². The Kier molecular flexibility index (Phi) is 3.95. The van der Waals surface area contributed by atoms with Crippen LogP contribution in [-0.2, 0) is 6.54 Å². The Morgan fingerprint density at radius 2 is 1.93 bits per heavy atom. The zero-order chi connectivity index (χ0) is 20.9. The molecule has 0 saturated carbocycles. The number of hydrogen-bond acceptors (Lipinski definition) is 4. The Labute approximate surface area is 166 Å². The van der Waals surface area contributed by atoms with Crippen molar-refractivity contribution in [2.45, 2.75) is 12.7 Å². The Bertz CT molecular complexity index is 1430. The fourth-order valence-electron chi connectivity index (χ4n) is 3.49. The zero-order valence-electron chi connectivity index (χ0n) is 15.3. The smallest absolute Gasteiger partial charge is 0.298 e. The van der Waals surface area contributed by atoms with Gasteiger partial charge in [-0.3, -0.25) is 19.4 Å². The van der Waals surface area contributed by atoms with E-state index in [9.17, 15) is 18.0 Å². The molecular formula is C20H13F3N6O. The number of halogens is 3. The minimum atomic E-state index is -4.56. The lowest BCUT2D eigenvalue weighted by Crippen LogP contribution is -2.28. The van der Waals surface area contributed by atoms with Gasteiger partial charge in [-0.25, -0.2) is 4.68 Å². The average molecular weight is 410 g/mol. The predicted molar refractivity (Wildman–Crippen MR) is 104 cm³/mol. The highest BCUT2D eigenvalue weighted by atomic mass is 19.4. The van der Waals surface area contributed by atoms with Crippen molar-refractivity contribution in [3.63, 3.8) is 0 Å². The molecule has 0 aliphatic rings. The van der Waals surface area contributed by atoms with Gasteiger partial charge in [0.25, 0.3) is 5.56 Å². The van der Waals surface area contributed by atoms with Crippen molar-refractivity contribution in [3.8, 4) is 16.9 Å². The van der Waals surface area contributed by atoms with Gasteiger partial charge >= 0.3 is 6.18 Å². The maximum atomic E-state index is 13.2. The molecule has 5 aromatic rings. The lowest BCUT2D eigenvalue weighted by Gasteiger charge is -2.14. The van der Waals surface area contributed by atoms with E-state index in [-0.39, 0.29) is 10.9 Å². The summed E-state index contributed by atoms with van der Waals surface area (Å²) in [6.07, 6.45) is 1.55. The number of nitrogens with one attached hydrogen (secondary N) is 1. The lowest BCUT2D eigenvalue weighted by atomic mass is 10.1. The molecule has 0 atom stereocenters. The van der Waals surface area contributed by atoms with Crippen LogP contribution in [0, 0.1) is 0 Å². The second-order valence-electron chi connectivity index (χ2n) is 6.75. The van der Waals surface area contributed by atoms with Crippen molar-refractivity contribution in [2.24, 2.45) is 0 Å². The molecular weight excluding hydrogens is 397 g/mol. The van der Waals surface area contributed by atoms with Gasteiger partial charge in [-0.2, -0.15) is 23.4 Å². The van der Waals surface area contributed by atoms with Gasteiger partial charge in [-0.15, -0.1) is 0 Å². The van der Waals surface area contributed by atoms with Gasteiger partial charge < -0.3 is 0 Å². The third kappa shape index (κ3) is 3.02. The fraction of sp³-hybridized carbons (Fsp3) is 0.100. The van der Waals surface area contributed by atoms with Crippen molar-refractivity contribution in [1.82, 2.24) is 29.5 Å². The number of hydrogen-bond donors (Lipinski definition) is 1. The van der Waals surface area contributed by atoms with Crippen LogP contribution in [0.2, 0.25) is 0 Å². The highest BCUT2D eigenvalue weighted by Gasteiger charge is 2.30. The third-order valence-electron chi connectivity index (χ3n) is 4.81. The van der Waals surface area contributed by atoms with Crippen molar-refractivity contribution >= 4 is 21.8 Å². The van der Waals surface area contributed by atoms with Crippen LogP contribution in [0.25, 0.3) is 38.8 Å². The molecule has 1 N–H and O–H groups in total. The third-order valence-corrected chi connectivity index (χ3v) is 4.81. The number of aromatic nitrogens is 6. The maximum absolute atomic E-state index is 13.2. The molecule has 5 rings (SSSR count). The molecule has 30 heavy (non-hydrogen) atoms. The second kappa shape index (κ2) is 6.55. The van der Waals surface area contributed by atoms with Crippen molar-refractivity contribution < 1.29 is 13.2 Å². The fourth-order valence-corrected chi connectivity index (χ4v) is 3.49. The van der Waals surface area contributed by atoms with Crippen LogP contribution in [0.4, 0.5) is 13.2 Å². The monoisotopic (exact) mass is 410 g/mol. The molecule has 4 heterocycles. The average Bonchev–Trinajstić information content (AvgIpc) is 3.42. The molecule has 4 aromatic heterocycles. The molecule has 7 nitrogen and oxygen atoms in total. The van der Waals surface area contributed by atoms with E-state index in [0.29, 0.717) is 22.2 Å². The quantitative estimate of drug-likeness (QED) is 0.492.